The van der Waals surface area contributed by atoms with Crippen molar-refractivity contribution in [2.75, 3.05) is 0 Å². The zero-order valence-corrected chi connectivity index (χ0v) is 9.64. The van der Waals surface area contributed by atoms with Crippen molar-refractivity contribution in [3.05, 3.63) is 0 Å². The molecule has 4 atom stereocenters. The first-order valence-corrected chi connectivity index (χ1v) is 6.45. The minimum atomic E-state index is -1.12. The van der Waals surface area contributed by atoms with Crippen LogP contribution in [-0.2, 0) is 11.0 Å². The van der Waals surface area contributed by atoms with Gasteiger partial charge >= 0.3 is 0 Å². The Hall–Kier alpha value is 0.110. The number of nitrogens with two attached hydrogens (primary N) is 1. The standard InChI is InChI=1S/C10H21NOS/c1-7(2)9-5-4-8(3)6-10(9)13(11)12/h7-10H,4-6,11H2,1-3H3/t8-,9+,10+,13-/m1/s1. The molecule has 2 N–H and O–H groups in total. The van der Waals surface area contributed by atoms with E-state index in [4.69, 9.17) is 5.14 Å². The molecule has 1 saturated carbocycles. The normalized spacial score (nSPS) is 37.8. The summed E-state index contributed by atoms with van der Waals surface area (Å²) in [5.74, 6) is 1.89. The molecule has 0 aromatic rings. The van der Waals surface area contributed by atoms with E-state index in [1.54, 1.807) is 0 Å². The van der Waals surface area contributed by atoms with Crippen LogP contribution in [0.3, 0.4) is 0 Å². The Morgan fingerprint density at radius 1 is 1.38 bits per heavy atom. The highest BCUT2D eigenvalue weighted by Gasteiger charge is 2.33. The first-order chi connectivity index (χ1) is 6.02. The lowest BCUT2D eigenvalue weighted by atomic mass is 9.77. The monoisotopic (exact) mass is 203 g/mol. The molecule has 0 aliphatic heterocycles. The molecule has 1 aliphatic carbocycles. The van der Waals surface area contributed by atoms with Crippen molar-refractivity contribution in [1.29, 1.82) is 0 Å². The van der Waals surface area contributed by atoms with E-state index in [1.165, 1.54) is 12.8 Å². The Kier molecular flexibility index (Phi) is 3.92. The predicted molar refractivity (Wildman–Crippen MR) is 57.5 cm³/mol. The summed E-state index contributed by atoms with van der Waals surface area (Å²) >= 11 is 0. The molecule has 0 amide bonds. The highest BCUT2D eigenvalue weighted by Crippen LogP contribution is 2.35. The molecule has 2 nitrogen and oxygen atoms in total. The van der Waals surface area contributed by atoms with Crippen molar-refractivity contribution >= 4 is 11.0 Å². The summed E-state index contributed by atoms with van der Waals surface area (Å²) in [6.07, 6.45) is 3.52. The third kappa shape index (κ3) is 2.78. The van der Waals surface area contributed by atoms with Crippen molar-refractivity contribution in [2.45, 2.75) is 45.3 Å². The Morgan fingerprint density at radius 3 is 2.46 bits per heavy atom. The van der Waals surface area contributed by atoms with Gasteiger partial charge in [-0.2, -0.15) is 0 Å². The maximum absolute atomic E-state index is 11.3. The summed E-state index contributed by atoms with van der Waals surface area (Å²) in [5, 5.41) is 5.77. The van der Waals surface area contributed by atoms with Gasteiger partial charge in [0.1, 0.15) is 0 Å². The van der Waals surface area contributed by atoms with Gasteiger partial charge in [0.15, 0.2) is 0 Å². The largest absolute Gasteiger partial charge is 0.252 e. The maximum Gasteiger partial charge on any atom is 0.0922 e. The van der Waals surface area contributed by atoms with Gasteiger partial charge in [0.2, 0.25) is 0 Å². The molecule has 0 aromatic heterocycles. The molecule has 1 aliphatic rings. The van der Waals surface area contributed by atoms with Gasteiger partial charge in [-0.05, 0) is 30.6 Å². The van der Waals surface area contributed by atoms with Gasteiger partial charge in [-0.1, -0.05) is 27.2 Å². The zero-order valence-electron chi connectivity index (χ0n) is 8.82. The maximum atomic E-state index is 11.3. The SMILES string of the molecule is CC(C)[C@@H]1CC[C@@H](C)C[C@@H]1[S@](N)=O. The molecule has 0 radical (unpaired) electrons. The molecular formula is C10H21NOS. The van der Waals surface area contributed by atoms with Crippen molar-refractivity contribution in [3.8, 4) is 0 Å². The molecule has 0 saturated heterocycles. The first-order valence-electron chi connectivity index (χ1n) is 5.17. The molecule has 0 spiro atoms. The molecule has 0 bridgehead atoms. The summed E-state index contributed by atoms with van der Waals surface area (Å²) in [5.41, 5.74) is 0. The summed E-state index contributed by atoms with van der Waals surface area (Å²) in [7, 11) is -1.12. The highest BCUT2D eigenvalue weighted by atomic mass is 32.2. The fourth-order valence-corrected chi connectivity index (χ4v) is 3.69. The van der Waals surface area contributed by atoms with Gasteiger partial charge in [0, 0.05) is 0 Å². The van der Waals surface area contributed by atoms with Crippen LogP contribution in [0.25, 0.3) is 0 Å². The molecule has 0 heterocycles. The Morgan fingerprint density at radius 2 is 2.00 bits per heavy atom. The van der Waals surface area contributed by atoms with Crippen LogP contribution in [-0.4, -0.2) is 9.46 Å². The second-order valence-electron chi connectivity index (χ2n) is 4.69. The van der Waals surface area contributed by atoms with Crippen molar-refractivity contribution < 1.29 is 4.21 Å². The molecule has 13 heavy (non-hydrogen) atoms. The van der Waals surface area contributed by atoms with E-state index in [1.807, 2.05) is 0 Å². The highest BCUT2D eigenvalue weighted by molar-refractivity contribution is 7.83. The van der Waals surface area contributed by atoms with E-state index in [-0.39, 0.29) is 5.25 Å². The smallest absolute Gasteiger partial charge is 0.0922 e. The lowest BCUT2D eigenvalue weighted by Crippen LogP contribution is -2.38. The average molecular weight is 203 g/mol. The lowest BCUT2D eigenvalue weighted by molar-refractivity contribution is 0.241. The first kappa shape index (κ1) is 11.2. The van der Waals surface area contributed by atoms with Gasteiger partial charge in [-0.15, -0.1) is 0 Å². The summed E-state index contributed by atoms with van der Waals surface area (Å²) in [6, 6.07) is 0. The van der Waals surface area contributed by atoms with E-state index in [0.717, 1.165) is 6.42 Å². The van der Waals surface area contributed by atoms with E-state index in [0.29, 0.717) is 17.8 Å². The molecule has 1 rings (SSSR count). The van der Waals surface area contributed by atoms with Crippen molar-refractivity contribution in [1.82, 2.24) is 0 Å². The van der Waals surface area contributed by atoms with Crippen LogP contribution in [0.2, 0.25) is 0 Å². The van der Waals surface area contributed by atoms with E-state index in [2.05, 4.69) is 20.8 Å². The van der Waals surface area contributed by atoms with Crippen LogP contribution < -0.4 is 5.14 Å². The quantitative estimate of drug-likeness (QED) is 0.733. The second-order valence-corrected chi connectivity index (χ2v) is 5.96. The molecular weight excluding hydrogens is 182 g/mol. The zero-order chi connectivity index (χ0) is 10.0. The molecule has 0 aromatic carbocycles. The van der Waals surface area contributed by atoms with Crippen LogP contribution in [0.1, 0.15) is 40.0 Å². The molecule has 0 unspecified atom stereocenters. The fourth-order valence-electron chi connectivity index (χ4n) is 2.38. The minimum absolute atomic E-state index is 0.240. The van der Waals surface area contributed by atoms with Crippen LogP contribution in [0, 0.1) is 17.8 Å². The van der Waals surface area contributed by atoms with Gasteiger partial charge in [0.25, 0.3) is 0 Å². The average Bonchev–Trinajstić information content (AvgIpc) is 2.03. The molecule has 1 fully saturated rings. The lowest BCUT2D eigenvalue weighted by Gasteiger charge is -2.35. The number of rotatable bonds is 2. The van der Waals surface area contributed by atoms with Crippen LogP contribution in [0.5, 0.6) is 0 Å². The molecule has 3 heteroatoms. The molecule has 78 valence electrons. The van der Waals surface area contributed by atoms with E-state index >= 15 is 0 Å². The topological polar surface area (TPSA) is 43.1 Å². The van der Waals surface area contributed by atoms with Crippen LogP contribution >= 0.6 is 0 Å². The Balaban J connectivity index is 2.66. The predicted octanol–water partition coefficient (Wildman–Crippen LogP) is 2.07. The second kappa shape index (κ2) is 4.56. The van der Waals surface area contributed by atoms with Crippen LogP contribution in [0.15, 0.2) is 0 Å². The minimum Gasteiger partial charge on any atom is -0.252 e. The van der Waals surface area contributed by atoms with Gasteiger partial charge in [-0.25, -0.2) is 4.21 Å². The summed E-state index contributed by atoms with van der Waals surface area (Å²) in [4.78, 5) is 0. The number of hydrogen-bond acceptors (Lipinski definition) is 1. The third-order valence-corrected chi connectivity index (χ3v) is 4.40. The fraction of sp³-hybridized carbons (Fsp3) is 1.00. The van der Waals surface area contributed by atoms with E-state index < -0.39 is 11.0 Å². The summed E-state index contributed by atoms with van der Waals surface area (Å²) < 4.78 is 11.3. The van der Waals surface area contributed by atoms with Gasteiger partial charge in [0.05, 0.1) is 16.2 Å². The Labute approximate surface area is 83.9 Å². The van der Waals surface area contributed by atoms with Gasteiger partial charge in [-0.3, -0.25) is 5.14 Å². The third-order valence-electron chi connectivity index (χ3n) is 3.26. The number of hydrogen-bond donors (Lipinski definition) is 1. The van der Waals surface area contributed by atoms with Gasteiger partial charge < -0.3 is 0 Å². The van der Waals surface area contributed by atoms with E-state index in [9.17, 15) is 4.21 Å². The van der Waals surface area contributed by atoms with Crippen molar-refractivity contribution in [3.63, 3.8) is 0 Å². The Bertz CT molecular complexity index is 193. The van der Waals surface area contributed by atoms with Crippen molar-refractivity contribution in [2.24, 2.45) is 22.9 Å². The summed E-state index contributed by atoms with van der Waals surface area (Å²) in [6.45, 7) is 6.65. The van der Waals surface area contributed by atoms with Crippen LogP contribution in [0.4, 0.5) is 0 Å².